The molecular formula is C15H18FN3O. The van der Waals surface area contributed by atoms with Gasteiger partial charge in [-0.2, -0.15) is 0 Å². The van der Waals surface area contributed by atoms with Gasteiger partial charge in [0.05, 0.1) is 5.69 Å². The number of hydrogen-bond donors (Lipinski definition) is 1. The van der Waals surface area contributed by atoms with E-state index in [0.717, 1.165) is 30.9 Å². The molecule has 0 radical (unpaired) electrons. The highest BCUT2D eigenvalue weighted by Crippen LogP contribution is 2.20. The van der Waals surface area contributed by atoms with E-state index in [1.165, 1.54) is 18.6 Å². The quantitative estimate of drug-likeness (QED) is 0.929. The van der Waals surface area contributed by atoms with Crippen molar-refractivity contribution >= 4 is 0 Å². The maximum Gasteiger partial charge on any atom is 0.226 e. The van der Waals surface area contributed by atoms with Gasteiger partial charge < -0.3 is 9.73 Å². The molecule has 0 saturated carbocycles. The fourth-order valence-corrected chi connectivity index (χ4v) is 2.50. The van der Waals surface area contributed by atoms with E-state index in [0.29, 0.717) is 11.9 Å². The molecule has 1 aliphatic rings. The highest BCUT2D eigenvalue weighted by Gasteiger charge is 2.20. The van der Waals surface area contributed by atoms with Gasteiger partial charge >= 0.3 is 0 Å². The van der Waals surface area contributed by atoms with Gasteiger partial charge in [-0.25, -0.2) is 9.37 Å². The molecule has 0 spiro atoms. The van der Waals surface area contributed by atoms with Crippen LogP contribution in [0.5, 0.6) is 0 Å². The summed E-state index contributed by atoms with van der Waals surface area (Å²) in [5, 5.41) is 3.35. The van der Waals surface area contributed by atoms with Gasteiger partial charge in [0.2, 0.25) is 5.89 Å². The largest absolute Gasteiger partial charge is 0.444 e. The number of nitrogens with one attached hydrogen (secondary N) is 1. The Morgan fingerprint density at radius 2 is 2.20 bits per heavy atom. The molecule has 1 fully saturated rings. The first-order valence-electron chi connectivity index (χ1n) is 6.83. The van der Waals surface area contributed by atoms with Crippen LogP contribution in [0.3, 0.4) is 0 Å². The van der Waals surface area contributed by atoms with Crippen LogP contribution in [0.1, 0.15) is 12.1 Å². The standard InChI is InChI=1S/C15H18FN3O/c1-19(14-6-7-17-8-14)9-13-10-20-15(18-13)11-2-4-12(16)5-3-11/h2-5,10,14,17H,6-9H2,1H3. The zero-order valence-electron chi connectivity index (χ0n) is 11.5. The molecule has 5 heteroatoms. The number of oxazole rings is 1. The molecule has 4 nitrogen and oxygen atoms in total. The van der Waals surface area contributed by atoms with Crippen LogP contribution in [0.4, 0.5) is 4.39 Å². The average molecular weight is 275 g/mol. The van der Waals surface area contributed by atoms with Gasteiger partial charge in [0.1, 0.15) is 12.1 Å². The molecule has 2 aromatic rings. The van der Waals surface area contributed by atoms with E-state index in [4.69, 9.17) is 4.42 Å². The second-order valence-corrected chi connectivity index (χ2v) is 5.21. The van der Waals surface area contributed by atoms with Gasteiger partial charge in [0.15, 0.2) is 0 Å². The number of hydrogen-bond acceptors (Lipinski definition) is 4. The van der Waals surface area contributed by atoms with Crippen LogP contribution < -0.4 is 5.32 Å². The molecule has 1 aliphatic heterocycles. The number of aromatic nitrogens is 1. The Bertz CT molecular complexity index is 561. The molecule has 2 heterocycles. The van der Waals surface area contributed by atoms with Crippen LogP contribution >= 0.6 is 0 Å². The second-order valence-electron chi connectivity index (χ2n) is 5.21. The number of benzene rings is 1. The van der Waals surface area contributed by atoms with Crippen molar-refractivity contribution in [3.8, 4) is 11.5 Å². The molecule has 1 aromatic carbocycles. The fraction of sp³-hybridized carbons (Fsp3) is 0.400. The first-order chi connectivity index (χ1) is 9.72. The molecule has 1 N–H and O–H groups in total. The summed E-state index contributed by atoms with van der Waals surface area (Å²) in [4.78, 5) is 6.75. The molecular weight excluding hydrogens is 257 g/mol. The third-order valence-electron chi connectivity index (χ3n) is 3.71. The van der Waals surface area contributed by atoms with Gasteiger partial charge in [0, 0.05) is 24.7 Å². The van der Waals surface area contributed by atoms with E-state index in [9.17, 15) is 4.39 Å². The summed E-state index contributed by atoms with van der Waals surface area (Å²) in [6, 6.07) is 6.73. The summed E-state index contributed by atoms with van der Waals surface area (Å²) in [6.45, 7) is 2.87. The minimum atomic E-state index is -0.256. The summed E-state index contributed by atoms with van der Waals surface area (Å²) in [7, 11) is 2.10. The zero-order chi connectivity index (χ0) is 13.9. The van der Waals surface area contributed by atoms with Crippen LogP contribution in [-0.2, 0) is 6.54 Å². The Labute approximate surface area is 117 Å². The van der Waals surface area contributed by atoms with E-state index in [1.807, 2.05) is 0 Å². The molecule has 1 unspecified atom stereocenters. The molecule has 106 valence electrons. The van der Waals surface area contributed by atoms with E-state index in [1.54, 1.807) is 18.4 Å². The lowest BCUT2D eigenvalue weighted by Crippen LogP contribution is -2.32. The number of rotatable bonds is 4. The van der Waals surface area contributed by atoms with Crippen molar-refractivity contribution in [2.24, 2.45) is 0 Å². The lowest BCUT2D eigenvalue weighted by molar-refractivity contribution is 0.246. The second kappa shape index (κ2) is 5.73. The van der Waals surface area contributed by atoms with Gasteiger partial charge in [-0.05, 0) is 44.3 Å². The summed E-state index contributed by atoms with van der Waals surface area (Å²) < 4.78 is 18.4. The van der Waals surface area contributed by atoms with Crippen molar-refractivity contribution in [1.82, 2.24) is 15.2 Å². The van der Waals surface area contributed by atoms with E-state index < -0.39 is 0 Å². The highest BCUT2D eigenvalue weighted by molar-refractivity contribution is 5.52. The topological polar surface area (TPSA) is 41.3 Å². The van der Waals surface area contributed by atoms with E-state index in [2.05, 4.69) is 22.2 Å². The molecule has 0 aliphatic carbocycles. The van der Waals surface area contributed by atoms with Crippen molar-refractivity contribution in [3.05, 3.63) is 42.0 Å². The molecule has 1 atom stereocenters. The Hall–Kier alpha value is -1.72. The number of nitrogens with zero attached hydrogens (tertiary/aromatic N) is 2. The number of likely N-dealkylation sites (N-methyl/N-ethyl adjacent to an activating group) is 1. The van der Waals surface area contributed by atoms with Crippen molar-refractivity contribution in [3.63, 3.8) is 0 Å². The SMILES string of the molecule is CN(Cc1coc(-c2ccc(F)cc2)n1)C1CCNC1. The van der Waals surface area contributed by atoms with Gasteiger partial charge in [-0.3, -0.25) is 4.90 Å². The molecule has 3 rings (SSSR count). The summed E-state index contributed by atoms with van der Waals surface area (Å²) >= 11 is 0. The predicted octanol–water partition coefficient (Wildman–Crippen LogP) is 2.27. The maximum absolute atomic E-state index is 12.9. The van der Waals surface area contributed by atoms with E-state index >= 15 is 0 Å². The summed E-state index contributed by atoms with van der Waals surface area (Å²) in [5.41, 5.74) is 1.70. The molecule has 0 amide bonds. The summed E-state index contributed by atoms with van der Waals surface area (Å²) in [5.74, 6) is 0.284. The van der Waals surface area contributed by atoms with Crippen LogP contribution in [0.2, 0.25) is 0 Å². The Morgan fingerprint density at radius 3 is 2.90 bits per heavy atom. The van der Waals surface area contributed by atoms with Crippen LogP contribution in [0.25, 0.3) is 11.5 Å². The normalized spacial score (nSPS) is 18.9. The minimum Gasteiger partial charge on any atom is -0.444 e. The van der Waals surface area contributed by atoms with Gasteiger partial charge in [-0.1, -0.05) is 0 Å². The lowest BCUT2D eigenvalue weighted by Gasteiger charge is -2.21. The minimum absolute atomic E-state index is 0.256. The molecule has 0 bridgehead atoms. The first-order valence-corrected chi connectivity index (χ1v) is 6.83. The van der Waals surface area contributed by atoms with Crippen LogP contribution in [0, 0.1) is 5.82 Å². The first kappa shape index (κ1) is 13.3. The monoisotopic (exact) mass is 275 g/mol. The molecule has 1 aromatic heterocycles. The van der Waals surface area contributed by atoms with Crippen LogP contribution in [-0.4, -0.2) is 36.1 Å². The molecule has 20 heavy (non-hydrogen) atoms. The van der Waals surface area contributed by atoms with Gasteiger partial charge in [0.25, 0.3) is 0 Å². The maximum atomic E-state index is 12.9. The Kier molecular flexibility index (Phi) is 3.80. The van der Waals surface area contributed by atoms with Crippen molar-refractivity contribution in [2.45, 2.75) is 19.0 Å². The number of halogens is 1. The third-order valence-corrected chi connectivity index (χ3v) is 3.71. The van der Waals surface area contributed by atoms with Crippen LogP contribution in [0.15, 0.2) is 34.9 Å². The van der Waals surface area contributed by atoms with Crippen molar-refractivity contribution < 1.29 is 8.81 Å². The van der Waals surface area contributed by atoms with E-state index in [-0.39, 0.29) is 5.82 Å². The summed E-state index contributed by atoms with van der Waals surface area (Å²) in [6.07, 6.45) is 2.84. The lowest BCUT2D eigenvalue weighted by atomic mass is 10.2. The average Bonchev–Trinajstić information content (AvgIpc) is 3.10. The fourth-order valence-electron chi connectivity index (χ4n) is 2.50. The van der Waals surface area contributed by atoms with Crippen molar-refractivity contribution in [2.75, 3.05) is 20.1 Å². The Balaban J connectivity index is 1.68. The molecule has 1 saturated heterocycles. The highest BCUT2D eigenvalue weighted by atomic mass is 19.1. The predicted molar refractivity (Wildman–Crippen MR) is 74.6 cm³/mol. The van der Waals surface area contributed by atoms with Gasteiger partial charge in [-0.15, -0.1) is 0 Å². The zero-order valence-corrected chi connectivity index (χ0v) is 11.5. The van der Waals surface area contributed by atoms with Crippen molar-refractivity contribution in [1.29, 1.82) is 0 Å². The smallest absolute Gasteiger partial charge is 0.226 e. The Morgan fingerprint density at radius 1 is 1.40 bits per heavy atom. The third kappa shape index (κ3) is 2.89.